The van der Waals surface area contributed by atoms with Gasteiger partial charge >= 0.3 is 5.97 Å². The van der Waals surface area contributed by atoms with E-state index in [4.69, 9.17) is 4.74 Å². The van der Waals surface area contributed by atoms with E-state index in [1.807, 2.05) is 18.2 Å². The molecule has 1 aliphatic carbocycles. The largest absolute Gasteiger partial charge is 0.465 e. The van der Waals surface area contributed by atoms with Crippen molar-refractivity contribution in [1.29, 1.82) is 0 Å². The first-order valence-electron chi connectivity index (χ1n) is 11.5. The molecule has 0 fully saturated rings. The topological polar surface area (TPSA) is 75.7 Å². The van der Waals surface area contributed by atoms with Gasteiger partial charge < -0.3 is 9.64 Å². The molecule has 0 saturated heterocycles. The van der Waals surface area contributed by atoms with Crippen molar-refractivity contribution in [1.82, 2.24) is 4.90 Å². The second-order valence-electron chi connectivity index (χ2n) is 8.17. The maximum atomic E-state index is 13.4. The quantitative estimate of drug-likeness (QED) is 0.533. The lowest BCUT2D eigenvalue weighted by Crippen LogP contribution is -2.24. The molecule has 32 heavy (non-hydrogen) atoms. The van der Waals surface area contributed by atoms with Gasteiger partial charge in [0.1, 0.15) is 0 Å². The van der Waals surface area contributed by atoms with Gasteiger partial charge in [0.15, 0.2) is 0 Å². The summed E-state index contributed by atoms with van der Waals surface area (Å²) in [6.07, 6.45) is 5.23. The Hall–Kier alpha value is -2.38. The van der Waals surface area contributed by atoms with Gasteiger partial charge in [0.2, 0.25) is 0 Å². The van der Waals surface area contributed by atoms with Gasteiger partial charge in [-0.1, -0.05) is 38.1 Å². The number of carbonyl (C=O) groups excluding carboxylic acids is 1. The van der Waals surface area contributed by atoms with Crippen molar-refractivity contribution < 1.29 is 17.9 Å². The number of fused-ring (bicyclic) bond motifs is 1. The number of aryl methyl sites for hydroxylation is 2. The first-order valence-corrected chi connectivity index (χ1v) is 13.0. The Morgan fingerprint density at radius 3 is 2.50 bits per heavy atom. The highest BCUT2D eigenvalue weighted by Gasteiger charge is 2.26. The molecule has 0 aliphatic heterocycles. The first kappa shape index (κ1) is 24.3. The molecule has 0 heterocycles. The summed E-state index contributed by atoms with van der Waals surface area (Å²) in [6.45, 7) is 7.14. The number of carbonyl (C=O) groups is 1. The lowest BCUT2D eigenvalue weighted by Gasteiger charge is -2.22. The predicted octanol–water partition coefficient (Wildman–Crippen LogP) is 4.43. The lowest BCUT2D eigenvalue weighted by atomic mass is 9.87. The van der Waals surface area contributed by atoms with E-state index < -0.39 is 16.0 Å². The monoisotopic (exact) mass is 458 g/mol. The molecule has 1 aliphatic rings. The normalized spacial score (nSPS) is 13.6. The molecule has 2 aromatic carbocycles. The van der Waals surface area contributed by atoms with E-state index in [2.05, 4.69) is 23.5 Å². The van der Waals surface area contributed by atoms with Crippen molar-refractivity contribution in [3.8, 4) is 0 Å². The highest BCUT2D eigenvalue weighted by Crippen LogP contribution is 2.32. The van der Waals surface area contributed by atoms with Crippen molar-refractivity contribution in [2.45, 2.75) is 57.3 Å². The smallest absolute Gasteiger partial charge is 0.340 e. The number of rotatable bonds is 10. The Labute approximate surface area is 192 Å². The van der Waals surface area contributed by atoms with Crippen LogP contribution in [-0.2, 0) is 34.0 Å². The number of hydrogen-bond acceptors (Lipinski definition) is 5. The molecule has 0 saturated carbocycles. The number of nitrogens with zero attached hydrogens (tertiary/aromatic N) is 1. The van der Waals surface area contributed by atoms with E-state index in [0.717, 1.165) is 68.4 Å². The molecule has 3 rings (SSSR count). The van der Waals surface area contributed by atoms with Gasteiger partial charge in [0, 0.05) is 0 Å². The van der Waals surface area contributed by atoms with Crippen molar-refractivity contribution in [3.05, 3.63) is 58.7 Å². The van der Waals surface area contributed by atoms with E-state index in [1.54, 1.807) is 18.2 Å². The Morgan fingerprint density at radius 2 is 1.78 bits per heavy atom. The fourth-order valence-electron chi connectivity index (χ4n) is 4.45. The van der Waals surface area contributed by atoms with Crippen molar-refractivity contribution in [2.75, 3.05) is 31.5 Å². The molecule has 0 unspecified atom stereocenters. The maximum absolute atomic E-state index is 13.4. The van der Waals surface area contributed by atoms with E-state index in [-0.39, 0.29) is 10.6 Å². The van der Waals surface area contributed by atoms with Crippen LogP contribution in [0.3, 0.4) is 0 Å². The number of sulfonamides is 1. The molecule has 0 radical (unpaired) electrons. The summed E-state index contributed by atoms with van der Waals surface area (Å²) in [7, 11) is -2.54. The molecular formula is C25H34N2O4S. The third kappa shape index (κ3) is 5.51. The second kappa shape index (κ2) is 11.0. The van der Waals surface area contributed by atoms with Crippen molar-refractivity contribution in [3.63, 3.8) is 0 Å². The number of anilines is 1. The van der Waals surface area contributed by atoms with E-state index >= 15 is 0 Å². The van der Waals surface area contributed by atoms with Crippen LogP contribution in [0.1, 0.15) is 60.2 Å². The maximum Gasteiger partial charge on any atom is 0.340 e. The van der Waals surface area contributed by atoms with Gasteiger partial charge in [-0.15, -0.1) is 0 Å². The predicted molar refractivity (Wildman–Crippen MR) is 128 cm³/mol. The van der Waals surface area contributed by atoms with Crippen LogP contribution in [0, 0.1) is 0 Å². The average molecular weight is 459 g/mol. The fraction of sp³-hybridized carbons (Fsp3) is 0.480. The summed E-state index contributed by atoms with van der Waals surface area (Å²) in [5.74, 6) is -0.506. The Balaban J connectivity index is 1.90. The number of ether oxygens (including phenoxy) is 1. The molecule has 0 aromatic heterocycles. The van der Waals surface area contributed by atoms with E-state index in [1.165, 1.54) is 7.11 Å². The van der Waals surface area contributed by atoms with Crippen LogP contribution in [-0.4, -0.2) is 46.0 Å². The van der Waals surface area contributed by atoms with Gasteiger partial charge in [-0.2, -0.15) is 0 Å². The minimum Gasteiger partial charge on any atom is -0.465 e. The summed E-state index contributed by atoms with van der Waals surface area (Å²) in [5.41, 5.74) is 3.40. The minimum atomic E-state index is -3.87. The third-order valence-corrected chi connectivity index (χ3v) is 7.71. The third-order valence-electron chi connectivity index (χ3n) is 6.24. The Kier molecular flexibility index (Phi) is 8.32. The minimum absolute atomic E-state index is 0.257. The molecule has 0 bridgehead atoms. The Bertz CT molecular complexity index is 1050. The van der Waals surface area contributed by atoms with E-state index in [0.29, 0.717) is 12.0 Å². The first-order chi connectivity index (χ1) is 15.4. The summed E-state index contributed by atoms with van der Waals surface area (Å²) in [5, 5.41) is 0. The van der Waals surface area contributed by atoms with Crippen LogP contribution in [0.4, 0.5) is 5.69 Å². The van der Waals surface area contributed by atoms with Crippen LogP contribution in [0.25, 0.3) is 0 Å². The molecule has 2 aromatic rings. The standard InChI is InChI=1S/C25H34N2O4S/c1-4-27(5-2)18-10-13-20-12-7-9-15-23(20)32(29,30)26-22-17-16-19-11-6-8-14-21(19)24(22)25(28)31-3/h7,9,12,15-17,26H,4-6,8,10-11,13-14,18H2,1-3H3. The molecule has 0 spiro atoms. The fourth-order valence-corrected chi connectivity index (χ4v) is 5.80. The van der Waals surface area contributed by atoms with Crippen molar-refractivity contribution >= 4 is 21.7 Å². The zero-order valence-electron chi connectivity index (χ0n) is 19.3. The summed E-state index contributed by atoms with van der Waals surface area (Å²) < 4.78 is 34.5. The highest BCUT2D eigenvalue weighted by atomic mass is 32.2. The SMILES string of the molecule is CCN(CC)CCCc1ccccc1S(=O)(=O)Nc1ccc2c(c1C(=O)OC)CCCC2. The van der Waals surface area contributed by atoms with Crippen LogP contribution in [0.15, 0.2) is 41.3 Å². The van der Waals surface area contributed by atoms with Gasteiger partial charge in [0.25, 0.3) is 10.0 Å². The molecule has 6 nitrogen and oxygen atoms in total. The number of benzene rings is 2. The number of nitrogens with one attached hydrogen (secondary N) is 1. The average Bonchev–Trinajstić information content (AvgIpc) is 2.81. The number of esters is 1. The van der Waals surface area contributed by atoms with Gasteiger partial charge in [0.05, 0.1) is 23.3 Å². The van der Waals surface area contributed by atoms with E-state index in [9.17, 15) is 13.2 Å². The zero-order valence-corrected chi connectivity index (χ0v) is 20.1. The van der Waals surface area contributed by atoms with Crippen LogP contribution >= 0.6 is 0 Å². The number of hydrogen-bond donors (Lipinski definition) is 1. The van der Waals surface area contributed by atoms with Gasteiger partial charge in [-0.05, 0) is 87.0 Å². The van der Waals surface area contributed by atoms with Gasteiger partial charge in [-0.25, -0.2) is 13.2 Å². The summed E-state index contributed by atoms with van der Waals surface area (Å²) in [6, 6.07) is 10.7. The highest BCUT2D eigenvalue weighted by molar-refractivity contribution is 7.92. The van der Waals surface area contributed by atoms with Crippen LogP contribution < -0.4 is 4.72 Å². The summed E-state index contributed by atoms with van der Waals surface area (Å²) in [4.78, 5) is 15.2. The molecule has 0 amide bonds. The molecule has 1 N–H and O–H groups in total. The molecule has 174 valence electrons. The van der Waals surface area contributed by atoms with Crippen molar-refractivity contribution in [2.24, 2.45) is 0 Å². The number of methoxy groups -OCH3 is 1. The molecule has 0 atom stereocenters. The van der Waals surface area contributed by atoms with Gasteiger partial charge in [-0.3, -0.25) is 4.72 Å². The lowest BCUT2D eigenvalue weighted by molar-refractivity contribution is 0.0600. The van der Waals surface area contributed by atoms with Crippen LogP contribution in [0.2, 0.25) is 0 Å². The summed E-state index contributed by atoms with van der Waals surface area (Å²) >= 11 is 0. The second-order valence-corrected chi connectivity index (χ2v) is 9.82. The Morgan fingerprint density at radius 1 is 1.06 bits per heavy atom. The van der Waals surface area contributed by atoms with Crippen LogP contribution in [0.5, 0.6) is 0 Å². The molecule has 7 heteroatoms. The molecular weight excluding hydrogens is 424 g/mol. The zero-order chi connectivity index (χ0) is 23.1.